The third kappa shape index (κ3) is 1.81. The number of hydrogen-bond donors (Lipinski definition) is 4. The zero-order valence-corrected chi connectivity index (χ0v) is 10.4. The van der Waals surface area contributed by atoms with Crippen molar-refractivity contribution in [3.8, 4) is 17.0 Å². The topological polar surface area (TPSA) is 137 Å². The van der Waals surface area contributed by atoms with Gasteiger partial charge in [0.1, 0.15) is 11.6 Å². The minimum atomic E-state index is 0.0375. The molecule has 0 fully saturated rings. The molecule has 3 rings (SSSR count). The van der Waals surface area contributed by atoms with Crippen molar-refractivity contribution in [3.63, 3.8) is 0 Å². The molecule has 0 amide bonds. The van der Waals surface area contributed by atoms with Crippen LogP contribution in [0, 0.1) is 0 Å². The molecule has 2 aromatic heterocycles. The molecular weight excluding hydrogens is 256 g/mol. The van der Waals surface area contributed by atoms with Crippen molar-refractivity contribution < 1.29 is 5.11 Å². The van der Waals surface area contributed by atoms with Gasteiger partial charge in [-0.05, 0) is 18.2 Å². The van der Waals surface area contributed by atoms with Crippen LogP contribution in [0.2, 0.25) is 0 Å². The van der Waals surface area contributed by atoms with Gasteiger partial charge in [-0.2, -0.15) is 9.97 Å². The fourth-order valence-electron chi connectivity index (χ4n) is 2.00. The Labute approximate surface area is 114 Å². The number of aromatic nitrogens is 3. The van der Waals surface area contributed by atoms with E-state index in [9.17, 15) is 5.11 Å². The second-order valence-corrected chi connectivity index (χ2v) is 4.28. The smallest absolute Gasteiger partial charge is 0.224 e. The first-order valence-electron chi connectivity index (χ1n) is 5.84. The van der Waals surface area contributed by atoms with Gasteiger partial charge in [0.05, 0.1) is 16.8 Å². The van der Waals surface area contributed by atoms with Crippen LogP contribution >= 0.6 is 0 Å². The lowest BCUT2D eigenvalue weighted by Crippen LogP contribution is -2.03. The van der Waals surface area contributed by atoms with E-state index in [0.717, 1.165) is 0 Å². The van der Waals surface area contributed by atoms with E-state index in [4.69, 9.17) is 17.2 Å². The molecule has 7 heteroatoms. The lowest BCUT2D eigenvalue weighted by atomic mass is 10.1. The van der Waals surface area contributed by atoms with Crippen LogP contribution in [-0.4, -0.2) is 20.1 Å². The predicted octanol–water partition coefficient (Wildman–Crippen LogP) is 1.14. The number of phenols is 1. The van der Waals surface area contributed by atoms with Crippen molar-refractivity contribution in [2.45, 2.75) is 0 Å². The number of hydrogen-bond acceptors (Lipinski definition) is 7. The Kier molecular flexibility index (Phi) is 2.53. The molecule has 3 aromatic rings. The first kappa shape index (κ1) is 12.0. The SMILES string of the molecule is Nc1nc(N)c2cc(N)c(-c3ccccc3O)nc2n1. The van der Waals surface area contributed by atoms with Gasteiger partial charge in [-0.25, -0.2) is 4.98 Å². The maximum atomic E-state index is 9.89. The number of rotatable bonds is 1. The van der Waals surface area contributed by atoms with Gasteiger partial charge < -0.3 is 22.3 Å². The van der Waals surface area contributed by atoms with E-state index >= 15 is 0 Å². The summed E-state index contributed by atoms with van der Waals surface area (Å²) >= 11 is 0. The highest BCUT2D eigenvalue weighted by Crippen LogP contribution is 2.33. The van der Waals surface area contributed by atoms with Crippen LogP contribution in [0.1, 0.15) is 0 Å². The van der Waals surface area contributed by atoms with Gasteiger partial charge in [0.2, 0.25) is 5.95 Å². The third-order valence-corrected chi connectivity index (χ3v) is 2.92. The summed E-state index contributed by atoms with van der Waals surface area (Å²) in [6, 6.07) is 8.40. The van der Waals surface area contributed by atoms with Crippen LogP contribution in [0.25, 0.3) is 22.3 Å². The van der Waals surface area contributed by atoms with Gasteiger partial charge in [0.15, 0.2) is 5.65 Å². The van der Waals surface area contributed by atoms with Gasteiger partial charge in [-0.15, -0.1) is 0 Å². The molecule has 0 aliphatic carbocycles. The Morgan fingerprint density at radius 3 is 2.45 bits per heavy atom. The predicted molar refractivity (Wildman–Crippen MR) is 77.7 cm³/mol. The van der Waals surface area contributed by atoms with Crippen molar-refractivity contribution in [2.75, 3.05) is 17.2 Å². The molecule has 20 heavy (non-hydrogen) atoms. The van der Waals surface area contributed by atoms with E-state index in [-0.39, 0.29) is 17.5 Å². The Morgan fingerprint density at radius 1 is 0.950 bits per heavy atom. The third-order valence-electron chi connectivity index (χ3n) is 2.92. The average Bonchev–Trinajstić information content (AvgIpc) is 2.40. The lowest BCUT2D eigenvalue weighted by molar-refractivity contribution is 0.477. The van der Waals surface area contributed by atoms with Gasteiger partial charge in [-0.3, -0.25) is 0 Å². The number of anilines is 3. The summed E-state index contributed by atoms with van der Waals surface area (Å²) in [4.78, 5) is 12.2. The van der Waals surface area contributed by atoms with Crippen molar-refractivity contribution in [3.05, 3.63) is 30.3 Å². The Balaban J connectivity index is 2.33. The Bertz CT molecular complexity index is 817. The van der Waals surface area contributed by atoms with E-state index in [1.165, 1.54) is 0 Å². The maximum Gasteiger partial charge on any atom is 0.224 e. The normalized spacial score (nSPS) is 10.8. The van der Waals surface area contributed by atoms with Crippen LogP contribution < -0.4 is 17.2 Å². The van der Waals surface area contributed by atoms with E-state index in [2.05, 4.69) is 15.0 Å². The molecule has 0 aliphatic rings. The van der Waals surface area contributed by atoms with E-state index in [0.29, 0.717) is 28.0 Å². The summed E-state index contributed by atoms with van der Waals surface area (Å²) in [7, 11) is 0. The molecule has 1 aromatic carbocycles. The maximum absolute atomic E-state index is 9.89. The zero-order chi connectivity index (χ0) is 14.3. The van der Waals surface area contributed by atoms with Crippen molar-refractivity contribution in [2.24, 2.45) is 0 Å². The zero-order valence-electron chi connectivity index (χ0n) is 10.4. The van der Waals surface area contributed by atoms with E-state index in [1.54, 1.807) is 30.3 Å². The monoisotopic (exact) mass is 268 g/mol. The molecule has 0 unspecified atom stereocenters. The standard InChI is InChI=1S/C13H12N6O/c14-8-5-7-11(15)18-13(16)19-12(7)17-10(8)6-3-1-2-4-9(6)20/h1-5,20H,14H2,(H4,15,16,17,18,19). The van der Waals surface area contributed by atoms with Crippen molar-refractivity contribution >= 4 is 28.5 Å². The summed E-state index contributed by atoms with van der Waals surface area (Å²) in [5.74, 6) is 0.340. The van der Waals surface area contributed by atoms with Crippen LogP contribution in [0.5, 0.6) is 5.75 Å². The van der Waals surface area contributed by atoms with Gasteiger partial charge in [-0.1, -0.05) is 12.1 Å². The molecule has 2 heterocycles. The number of nitrogen functional groups attached to an aromatic ring is 3. The summed E-state index contributed by atoms with van der Waals surface area (Å²) in [6.45, 7) is 0. The summed E-state index contributed by atoms with van der Waals surface area (Å²) in [5.41, 5.74) is 19.0. The molecule has 100 valence electrons. The first-order chi connectivity index (χ1) is 9.56. The summed E-state index contributed by atoms with van der Waals surface area (Å²) in [5, 5.41) is 10.4. The van der Waals surface area contributed by atoms with Crippen molar-refractivity contribution in [1.82, 2.24) is 15.0 Å². The molecule has 0 aliphatic heterocycles. The number of aromatic hydroxyl groups is 1. The molecule has 7 nitrogen and oxygen atoms in total. The van der Waals surface area contributed by atoms with E-state index in [1.807, 2.05) is 0 Å². The van der Waals surface area contributed by atoms with Gasteiger partial charge in [0.25, 0.3) is 0 Å². The number of phenolic OH excluding ortho intramolecular Hbond substituents is 1. The molecule has 0 atom stereocenters. The van der Waals surface area contributed by atoms with Crippen LogP contribution in [0.4, 0.5) is 17.5 Å². The molecule has 0 bridgehead atoms. The summed E-state index contributed by atoms with van der Waals surface area (Å²) < 4.78 is 0. The highest BCUT2D eigenvalue weighted by molar-refractivity contribution is 5.93. The minimum Gasteiger partial charge on any atom is -0.507 e. The number of pyridine rings is 1. The molecule has 7 N–H and O–H groups in total. The molecule has 0 spiro atoms. The summed E-state index contributed by atoms with van der Waals surface area (Å²) in [6.07, 6.45) is 0. The molecule has 0 saturated carbocycles. The number of benzene rings is 1. The highest BCUT2D eigenvalue weighted by Gasteiger charge is 2.13. The quantitative estimate of drug-likeness (QED) is 0.519. The number of para-hydroxylation sites is 1. The second kappa shape index (κ2) is 4.23. The molecule has 0 radical (unpaired) electrons. The highest BCUT2D eigenvalue weighted by atomic mass is 16.3. The van der Waals surface area contributed by atoms with Crippen molar-refractivity contribution in [1.29, 1.82) is 0 Å². The fraction of sp³-hybridized carbons (Fsp3) is 0. The minimum absolute atomic E-state index is 0.0375. The number of fused-ring (bicyclic) bond motifs is 1. The lowest BCUT2D eigenvalue weighted by Gasteiger charge is -2.09. The molecular formula is C13H12N6O. The van der Waals surface area contributed by atoms with Crippen LogP contribution in [0.15, 0.2) is 30.3 Å². The number of nitrogens with zero attached hydrogens (tertiary/aromatic N) is 3. The average molecular weight is 268 g/mol. The largest absolute Gasteiger partial charge is 0.507 e. The Morgan fingerprint density at radius 2 is 1.70 bits per heavy atom. The Hall–Kier alpha value is -3.09. The van der Waals surface area contributed by atoms with Gasteiger partial charge in [0, 0.05) is 5.56 Å². The van der Waals surface area contributed by atoms with Crippen LogP contribution in [0.3, 0.4) is 0 Å². The number of nitrogens with two attached hydrogens (primary N) is 3. The second-order valence-electron chi connectivity index (χ2n) is 4.28. The fourth-order valence-corrected chi connectivity index (χ4v) is 2.00. The van der Waals surface area contributed by atoms with Crippen LogP contribution in [-0.2, 0) is 0 Å². The first-order valence-corrected chi connectivity index (χ1v) is 5.84. The molecule has 0 saturated heterocycles. The van der Waals surface area contributed by atoms with E-state index < -0.39 is 0 Å². The van der Waals surface area contributed by atoms with Gasteiger partial charge >= 0.3 is 0 Å².